The Morgan fingerprint density at radius 3 is 2.21 bits per heavy atom. The van der Waals surface area contributed by atoms with Gasteiger partial charge >= 0.3 is 0 Å². The van der Waals surface area contributed by atoms with Crippen LogP contribution in [0.1, 0.15) is 68.7 Å². The summed E-state index contributed by atoms with van der Waals surface area (Å²) in [6.45, 7) is 9.89. The minimum Gasteiger partial charge on any atom is -0.324 e. The topological polar surface area (TPSA) is 120 Å². The molecule has 0 aliphatic heterocycles. The van der Waals surface area contributed by atoms with Crippen LogP contribution in [0, 0.1) is 0 Å². The number of anilines is 2. The molecular weight excluding hydrogens is 432 g/mol. The van der Waals surface area contributed by atoms with Gasteiger partial charge in [-0.3, -0.25) is 9.59 Å². The maximum Gasteiger partial charge on any atom is 0.256 e. The van der Waals surface area contributed by atoms with Crippen LogP contribution >= 0.6 is 0 Å². The van der Waals surface area contributed by atoms with E-state index >= 15 is 0 Å². The Morgan fingerprint density at radius 1 is 0.941 bits per heavy atom. The number of hydrogen-bond acceptors (Lipinski definition) is 6. The number of hydrogen-bond donors (Lipinski definition) is 2. The zero-order chi connectivity index (χ0) is 24.4. The van der Waals surface area contributed by atoms with Crippen molar-refractivity contribution < 1.29 is 9.59 Å². The third kappa shape index (κ3) is 4.66. The van der Waals surface area contributed by atoms with Crippen LogP contribution in [0.2, 0.25) is 0 Å². The number of aromatic nitrogens is 6. The first-order chi connectivity index (χ1) is 16.2. The summed E-state index contributed by atoms with van der Waals surface area (Å²) in [4.78, 5) is 34.3. The van der Waals surface area contributed by atoms with Gasteiger partial charge in [0.15, 0.2) is 5.65 Å². The Hall–Kier alpha value is -4.08. The summed E-state index contributed by atoms with van der Waals surface area (Å²) in [6.07, 6.45) is 4.57. The van der Waals surface area contributed by atoms with E-state index in [0.29, 0.717) is 28.0 Å². The monoisotopic (exact) mass is 460 g/mol. The standard InChI is InChI=1S/C24H28N8O2/c1-14(2)21-10-19(20-11-26-32(15(3)4)22(20)30-21)24(34)29-18-8-6-17(7-9-18)28-23(33)16(5)31-13-25-12-27-31/h6-16H,1-5H3,(H,28,33)(H,29,34)/t16-/m1/s1. The molecule has 0 aliphatic rings. The van der Waals surface area contributed by atoms with Crippen LogP contribution in [-0.4, -0.2) is 41.3 Å². The molecule has 2 amide bonds. The first-order valence-corrected chi connectivity index (χ1v) is 11.2. The van der Waals surface area contributed by atoms with E-state index in [9.17, 15) is 9.59 Å². The number of rotatable bonds is 7. The van der Waals surface area contributed by atoms with Crippen LogP contribution in [0.5, 0.6) is 0 Å². The predicted molar refractivity (Wildman–Crippen MR) is 130 cm³/mol. The van der Waals surface area contributed by atoms with Gasteiger partial charge in [0.2, 0.25) is 5.91 Å². The molecule has 3 aromatic heterocycles. The molecule has 2 N–H and O–H groups in total. The van der Waals surface area contributed by atoms with E-state index in [1.165, 1.54) is 17.3 Å². The molecule has 3 heterocycles. The van der Waals surface area contributed by atoms with Gasteiger partial charge in [0.05, 0.1) is 17.1 Å². The van der Waals surface area contributed by atoms with Crippen molar-refractivity contribution in [1.82, 2.24) is 29.5 Å². The van der Waals surface area contributed by atoms with Crippen molar-refractivity contribution in [2.24, 2.45) is 0 Å². The van der Waals surface area contributed by atoms with Gasteiger partial charge < -0.3 is 10.6 Å². The van der Waals surface area contributed by atoms with E-state index in [2.05, 4.69) is 25.8 Å². The number of nitrogens with zero attached hydrogens (tertiary/aromatic N) is 6. The smallest absolute Gasteiger partial charge is 0.256 e. The summed E-state index contributed by atoms with van der Waals surface area (Å²) >= 11 is 0. The second-order valence-electron chi connectivity index (χ2n) is 8.74. The summed E-state index contributed by atoms with van der Waals surface area (Å²) in [5.74, 6) is -0.298. The van der Waals surface area contributed by atoms with Gasteiger partial charge in [-0.05, 0) is 57.0 Å². The highest BCUT2D eigenvalue weighted by Gasteiger charge is 2.19. The lowest BCUT2D eigenvalue weighted by Gasteiger charge is -2.13. The molecule has 0 saturated heterocycles. The van der Waals surface area contributed by atoms with E-state index in [1.54, 1.807) is 37.4 Å². The Kier molecular flexibility index (Phi) is 6.40. The molecule has 0 aliphatic carbocycles. The van der Waals surface area contributed by atoms with Gasteiger partial charge in [-0.1, -0.05) is 13.8 Å². The third-order valence-corrected chi connectivity index (χ3v) is 5.54. The van der Waals surface area contributed by atoms with Crippen molar-refractivity contribution in [2.45, 2.75) is 52.6 Å². The van der Waals surface area contributed by atoms with E-state index in [0.717, 1.165) is 5.69 Å². The molecule has 34 heavy (non-hydrogen) atoms. The summed E-state index contributed by atoms with van der Waals surface area (Å²) in [5, 5.41) is 14.9. The number of pyridine rings is 1. The van der Waals surface area contributed by atoms with Crippen LogP contribution in [-0.2, 0) is 4.79 Å². The van der Waals surface area contributed by atoms with E-state index in [4.69, 9.17) is 4.98 Å². The Balaban J connectivity index is 1.52. The SMILES string of the molecule is CC(C)c1cc(C(=O)Nc2ccc(NC(=O)[C@@H](C)n3cncn3)cc2)c2cnn(C(C)C)c2n1. The quantitative estimate of drug-likeness (QED) is 0.427. The van der Waals surface area contributed by atoms with E-state index < -0.39 is 6.04 Å². The highest BCUT2D eigenvalue weighted by atomic mass is 16.2. The van der Waals surface area contributed by atoms with Gasteiger partial charge in [-0.15, -0.1) is 0 Å². The molecule has 1 atom stereocenters. The maximum absolute atomic E-state index is 13.2. The summed E-state index contributed by atoms with van der Waals surface area (Å²) in [6, 6.07) is 8.41. The van der Waals surface area contributed by atoms with Gasteiger partial charge in [0.25, 0.3) is 5.91 Å². The largest absolute Gasteiger partial charge is 0.324 e. The molecule has 4 aromatic rings. The molecule has 176 valence electrons. The third-order valence-electron chi connectivity index (χ3n) is 5.54. The average Bonchev–Trinajstić information content (AvgIpc) is 3.49. The molecule has 0 radical (unpaired) electrons. The van der Waals surface area contributed by atoms with E-state index in [-0.39, 0.29) is 23.8 Å². The Bertz CT molecular complexity index is 1310. The van der Waals surface area contributed by atoms with Crippen molar-refractivity contribution >= 4 is 34.2 Å². The van der Waals surface area contributed by atoms with Gasteiger partial charge in [-0.25, -0.2) is 19.3 Å². The molecule has 0 spiro atoms. The molecule has 4 rings (SSSR count). The summed E-state index contributed by atoms with van der Waals surface area (Å²) in [5.41, 5.74) is 3.28. The highest BCUT2D eigenvalue weighted by molar-refractivity contribution is 6.12. The zero-order valence-electron chi connectivity index (χ0n) is 19.9. The summed E-state index contributed by atoms with van der Waals surface area (Å²) in [7, 11) is 0. The fraction of sp³-hybridized carbons (Fsp3) is 0.333. The number of carbonyl (C=O) groups excluding carboxylic acids is 2. The highest BCUT2D eigenvalue weighted by Crippen LogP contribution is 2.25. The van der Waals surface area contributed by atoms with Crippen molar-refractivity contribution in [3.05, 3.63) is 60.4 Å². The van der Waals surface area contributed by atoms with Gasteiger partial charge in [0, 0.05) is 23.1 Å². The Morgan fingerprint density at radius 2 is 1.62 bits per heavy atom. The van der Waals surface area contributed by atoms with Crippen LogP contribution in [0.3, 0.4) is 0 Å². The number of carbonyl (C=O) groups is 2. The average molecular weight is 461 g/mol. The second-order valence-corrected chi connectivity index (χ2v) is 8.74. The van der Waals surface area contributed by atoms with E-state index in [1.807, 2.05) is 38.4 Å². The molecule has 0 saturated carbocycles. The van der Waals surface area contributed by atoms with Crippen LogP contribution in [0.15, 0.2) is 49.2 Å². The molecule has 10 heteroatoms. The van der Waals surface area contributed by atoms with Crippen molar-refractivity contribution in [3.8, 4) is 0 Å². The van der Waals surface area contributed by atoms with Crippen LogP contribution < -0.4 is 10.6 Å². The minimum atomic E-state index is -0.502. The first kappa shape index (κ1) is 23.1. The van der Waals surface area contributed by atoms with Crippen molar-refractivity contribution in [1.29, 1.82) is 0 Å². The fourth-order valence-electron chi connectivity index (χ4n) is 3.52. The summed E-state index contributed by atoms with van der Waals surface area (Å²) < 4.78 is 3.31. The number of nitrogens with one attached hydrogen (secondary N) is 2. The van der Waals surface area contributed by atoms with Crippen LogP contribution in [0.4, 0.5) is 11.4 Å². The fourth-order valence-corrected chi connectivity index (χ4v) is 3.52. The lowest BCUT2D eigenvalue weighted by Crippen LogP contribution is -2.24. The maximum atomic E-state index is 13.2. The minimum absolute atomic E-state index is 0.123. The molecule has 10 nitrogen and oxygen atoms in total. The molecule has 0 unspecified atom stereocenters. The lowest BCUT2D eigenvalue weighted by atomic mass is 10.0. The Labute approximate surface area is 197 Å². The van der Waals surface area contributed by atoms with Crippen molar-refractivity contribution in [3.63, 3.8) is 0 Å². The second kappa shape index (κ2) is 9.42. The van der Waals surface area contributed by atoms with Crippen LogP contribution in [0.25, 0.3) is 11.0 Å². The first-order valence-electron chi connectivity index (χ1n) is 11.2. The lowest BCUT2D eigenvalue weighted by molar-refractivity contribution is -0.119. The van der Waals surface area contributed by atoms with Crippen molar-refractivity contribution in [2.75, 3.05) is 10.6 Å². The number of fused-ring (bicyclic) bond motifs is 1. The van der Waals surface area contributed by atoms with Gasteiger partial charge in [0.1, 0.15) is 18.7 Å². The molecular formula is C24H28N8O2. The predicted octanol–water partition coefficient (Wildman–Crippen LogP) is 4.18. The number of benzene rings is 1. The zero-order valence-corrected chi connectivity index (χ0v) is 19.9. The molecule has 0 bridgehead atoms. The normalized spacial score (nSPS) is 12.3. The number of amides is 2. The van der Waals surface area contributed by atoms with Gasteiger partial charge in [-0.2, -0.15) is 10.2 Å². The molecule has 0 fully saturated rings. The molecule has 1 aromatic carbocycles.